The van der Waals surface area contributed by atoms with Gasteiger partial charge in [-0.25, -0.2) is 0 Å². The third-order valence-electron chi connectivity index (χ3n) is 3.37. The van der Waals surface area contributed by atoms with Gasteiger partial charge < -0.3 is 5.73 Å². The van der Waals surface area contributed by atoms with Crippen LogP contribution in [0.4, 0.5) is 0 Å². The van der Waals surface area contributed by atoms with E-state index < -0.39 is 0 Å². The summed E-state index contributed by atoms with van der Waals surface area (Å²) in [5, 5.41) is 7.22. The lowest BCUT2D eigenvalue weighted by molar-refractivity contribution is 0.342. The highest BCUT2D eigenvalue weighted by molar-refractivity contribution is 5.77. The van der Waals surface area contributed by atoms with Crippen molar-refractivity contribution in [1.29, 1.82) is 5.41 Å². The maximum absolute atomic E-state index is 7.22. The average Bonchev–Trinajstić information content (AvgIpc) is 2.45. The molecule has 2 bridgehead atoms. The molecule has 0 aliphatic heterocycles. The van der Waals surface area contributed by atoms with Gasteiger partial charge >= 0.3 is 0 Å². The van der Waals surface area contributed by atoms with Gasteiger partial charge in [0.05, 0.1) is 5.84 Å². The van der Waals surface area contributed by atoms with Crippen molar-refractivity contribution in [2.45, 2.75) is 32.1 Å². The lowest BCUT2D eigenvalue weighted by Gasteiger charge is -2.20. The molecule has 3 unspecified atom stereocenters. The Bertz CT molecular complexity index is 176. The highest BCUT2D eigenvalue weighted by Crippen LogP contribution is 2.49. The van der Waals surface area contributed by atoms with Crippen LogP contribution in [0.3, 0.4) is 0 Å². The van der Waals surface area contributed by atoms with Crippen LogP contribution in [0.5, 0.6) is 0 Å². The second-order valence-corrected chi connectivity index (χ2v) is 4.16. The lowest BCUT2D eigenvalue weighted by atomic mass is 9.86. The molecular weight excluding hydrogens is 136 g/mol. The summed E-state index contributed by atoms with van der Waals surface area (Å²) < 4.78 is 0. The minimum absolute atomic E-state index is 0.391. The zero-order valence-corrected chi connectivity index (χ0v) is 6.84. The smallest absolute Gasteiger partial charge is 0.0908 e. The summed E-state index contributed by atoms with van der Waals surface area (Å²) in [6.45, 7) is 0. The summed E-state index contributed by atoms with van der Waals surface area (Å²) in [5.74, 6) is 3.07. The van der Waals surface area contributed by atoms with Gasteiger partial charge in [0.15, 0.2) is 0 Å². The van der Waals surface area contributed by atoms with Crippen molar-refractivity contribution in [3.63, 3.8) is 0 Å². The van der Waals surface area contributed by atoms with E-state index in [2.05, 4.69) is 0 Å². The molecule has 0 aromatic rings. The molecule has 2 rings (SSSR count). The fraction of sp³-hybridized carbons (Fsp3) is 0.889. The molecule has 0 saturated heterocycles. The number of rotatable bonds is 2. The van der Waals surface area contributed by atoms with Crippen LogP contribution in [0.2, 0.25) is 0 Å². The topological polar surface area (TPSA) is 49.9 Å². The SMILES string of the molecule is N=C(N)CC1CC2CCC1C2. The quantitative estimate of drug-likeness (QED) is 0.459. The van der Waals surface area contributed by atoms with Gasteiger partial charge in [-0.2, -0.15) is 0 Å². The molecule has 2 aliphatic carbocycles. The number of amidine groups is 1. The molecule has 2 fully saturated rings. The molecule has 2 aliphatic rings. The molecule has 0 radical (unpaired) electrons. The molecular formula is C9H16N2. The van der Waals surface area contributed by atoms with Gasteiger partial charge in [-0.3, -0.25) is 5.41 Å². The Morgan fingerprint density at radius 1 is 1.36 bits per heavy atom. The third-order valence-corrected chi connectivity index (χ3v) is 3.37. The fourth-order valence-corrected chi connectivity index (χ4v) is 2.91. The molecule has 0 spiro atoms. The molecule has 62 valence electrons. The van der Waals surface area contributed by atoms with Gasteiger partial charge in [0.25, 0.3) is 0 Å². The minimum Gasteiger partial charge on any atom is -0.388 e. The molecule has 0 aromatic carbocycles. The predicted octanol–water partition coefficient (Wildman–Crippen LogP) is 1.75. The molecule has 11 heavy (non-hydrogen) atoms. The van der Waals surface area contributed by atoms with E-state index in [4.69, 9.17) is 11.1 Å². The van der Waals surface area contributed by atoms with E-state index in [1.165, 1.54) is 25.7 Å². The Balaban J connectivity index is 1.92. The van der Waals surface area contributed by atoms with Crippen LogP contribution < -0.4 is 5.73 Å². The average molecular weight is 152 g/mol. The second-order valence-electron chi connectivity index (χ2n) is 4.16. The number of fused-ring (bicyclic) bond motifs is 2. The van der Waals surface area contributed by atoms with E-state index in [1.807, 2.05) is 0 Å². The van der Waals surface area contributed by atoms with Crippen molar-refractivity contribution in [2.75, 3.05) is 0 Å². The Kier molecular flexibility index (Phi) is 1.63. The highest BCUT2D eigenvalue weighted by Gasteiger charge is 2.39. The van der Waals surface area contributed by atoms with E-state index in [-0.39, 0.29) is 0 Å². The van der Waals surface area contributed by atoms with Gasteiger partial charge in [0.1, 0.15) is 0 Å². The van der Waals surface area contributed by atoms with Crippen LogP contribution in [0.15, 0.2) is 0 Å². The second kappa shape index (κ2) is 2.50. The number of nitrogens with one attached hydrogen (secondary N) is 1. The zero-order chi connectivity index (χ0) is 7.84. The number of hydrogen-bond acceptors (Lipinski definition) is 1. The monoisotopic (exact) mass is 152 g/mol. The molecule has 0 amide bonds. The van der Waals surface area contributed by atoms with E-state index in [0.717, 1.165) is 24.2 Å². The molecule has 0 heterocycles. The van der Waals surface area contributed by atoms with Crippen molar-refractivity contribution in [3.8, 4) is 0 Å². The van der Waals surface area contributed by atoms with Gasteiger partial charge in [0.2, 0.25) is 0 Å². The maximum Gasteiger partial charge on any atom is 0.0908 e. The minimum atomic E-state index is 0.391. The summed E-state index contributed by atoms with van der Waals surface area (Å²) >= 11 is 0. The van der Waals surface area contributed by atoms with Crippen molar-refractivity contribution in [2.24, 2.45) is 23.5 Å². The summed E-state index contributed by atoms with van der Waals surface area (Å²) in [6.07, 6.45) is 6.49. The molecule has 3 N–H and O–H groups in total. The Hall–Kier alpha value is -0.530. The van der Waals surface area contributed by atoms with Crippen molar-refractivity contribution in [3.05, 3.63) is 0 Å². The van der Waals surface area contributed by atoms with Gasteiger partial charge in [-0.1, -0.05) is 6.42 Å². The first-order valence-electron chi connectivity index (χ1n) is 4.58. The van der Waals surface area contributed by atoms with Crippen LogP contribution >= 0.6 is 0 Å². The fourth-order valence-electron chi connectivity index (χ4n) is 2.91. The molecule has 3 atom stereocenters. The van der Waals surface area contributed by atoms with Gasteiger partial charge in [-0.15, -0.1) is 0 Å². The summed E-state index contributed by atoms with van der Waals surface area (Å²) in [7, 11) is 0. The first-order chi connectivity index (χ1) is 5.25. The Morgan fingerprint density at radius 3 is 2.64 bits per heavy atom. The predicted molar refractivity (Wildman–Crippen MR) is 45.5 cm³/mol. The largest absolute Gasteiger partial charge is 0.388 e. The van der Waals surface area contributed by atoms with Crippen LogP contribution in [-0.2, 0) is 0 Å². The molecule has 2 nitrogen and oxygen atoms in total. The van der Waals surface area contributed by atoms with Crippen LogP contribution in [0, 0.1) is 23.2 Å². The highest BCUT2D eigenvalue weighted by atomic mass is 14.7. The van der Waals surface area contributed by atoms with Crippen LogP contribution in [0.25, 0.3) is 0 Å². The summed E-state index contributed by atoms with van der Waals surface area (Å²) in [4.78, 5) is 0. The van der Waals surface area contributed by atoms with Crippen molar-refractivity contribution in [1.82, 2.24) is 0 Å². The lowest BCUT2D eigenvalue weighted by Crippen LogP contribution is -2.19. The maximum atomic E-state index is 7.22. The first-order valence-corrected chi connectivity index (χ1v) is 4.58. The van der Waals surface area contributed by atoms with E-state index in [1.54, 1.807) is 0 Å². The van der Waals surface area contributed by atoms with E-state index in [0.29, 0.717) is 5.84 Å². The molecule has 2 saturated carbocycles. The standard InChI is InChI=1S/C9H16N2/c10-9(11)5-8-4-6-1-2-7(8)3-6/h6-8H,1-5H2,(H3,10,11). The zero-order valence-electron chi connectivity index (χ0n) is 6.84. The van der Waals surface area contributed by atoms with Crippen molar-refractivity contribution < 1.29 is 0 Å². The summed E-state index contributed by atoms with van der Waals surface area (Å²) in [5.41, 5.74) is 5.39. The Morgan fingerprint density at radius 2 is 2.18 bits per heavy atom. The van der Waals surface area contributed by atoms with Crippen LogP contribution in [0.1, 0.15) is 32.1 Å². The Labute approximate surface area is 67.7 Å². The molecule has 0 aromatic heterocycles. The first kappa shape index (κ1) is 7.14. The van der Waals surface area contributed by atoms with E-state index in [9.17, 15) is 0 Å². The summed E-state index contributed by atoms with van der Waals surface area (Å²) in [6, 6.07) is 0. The van der Waals surface area contributed by atoms with E-state index >= 15 is 0 Å². The number of hydrogen-bond donors (Lipinski definition) is 2. The number of nitrogens with two attached hydrogens (primary N) is 1. The van der Waals surface area contributed by atoms with Gasteiger partial charge in [0, 0.05) is 6.42 Å². The van der Waals surface area contributed by atoms with Gasteiger partial charge in [-0.05, 0) is 37.0 Å². The third kappa shape index (κ3) is 1.26. The van der Waals surface area contributed by atoms with Crippen LogP contribution in [-0.4, -0.2) is 5.84 Å². The van der Waals surface area contributed by atoms with Crippen molar-refractivity contribution >= 4 is 5.84 Å². The normalized spacial score (nSPS) is 41.3. The molecule has 2 heteroatoms.